The number of aliphatic hydroxyl groups excluding tert-OH is 2. The average molecular weight is 1180 g/mol. The number of amides is 1. The fraction of sp³-hybridized carbons (Fsp3) is 0.872. The first-order valence-corrected chi connectivity index (χ1v) is 37.9. The molecule has 3 N–H and O–H groups in total. The molecule has 0 aromatic rings. The van der Waals surface area contributed by atoms with Gasteiger partial charge in [0.2, 0.25) is 5.91 Å². The largest absolute Gasteiger partial charge is 0.466 e. The number of allylic oxidation sites excluding steroid dienone is 7. The third kappa shape index (κ3) is 68.9. The summed E-state index contributed by atoms with van der Waals surface area (Å²) in [7, 11) is 0. The Hall–Kier alpha value is -2.18. The van der Waals surface area contributed by atoms with Gasteiger partial charge in [0.15, 0.2) is 0 Å². The van der Waals surface area contributed by atoms with Gasteiger partial charge in [0.25, 0.3) is 0 Å². The zero-order valence-corrected chi connectivity index (χ0v) is 56.6. The van der Waals surface area contributed by atoms with Gasteiger partial charge >= 0.3 is 5.97 Å². The first-order chi connectivity index (χ1) is 41.5. The molecule has 0 aromatic carbocycles. The van der Waals surface area contributed by atoms with Crippen molar-refractivity contribution in [2.24, 2.45) is 0 Å². The van der Waals surface area contributed by atoms with Gasteiger partial charge in [-0.25, -0.2) is 0 Å². The van der Waals surface area contributed by atoms with Crippen molar-refractivity contribution >= 4 is 11.9 Å². The van der Waals surface area contributed by atoms with Crippen molar-refractivity contribution in [3.05, 3.63) is 48.6 Å². The highest BCUT2D eigenvalue weighted by molar-refractivity contribution is 5.76. The fourth-order valence-corrected chi connectivity index (χ4v) is 11.8. The van der Waals surface area contributed by atoms with E-state index in [1.807, 2.05) is 6.08 Å². The smallest absolute Gasteiger partial charge is 0.305 e. The maximum atomic E-state index is 12.4. The number of carbonyl (C=O) groups excluding carboxylic acids is 2. The zero-order chi connectivity index (χ0) is 60.6. The van der Waals surface area contributed by atoms with Gasteiger partial charge in [-0.15, -0.1) is 0 Å². The maximum absolute atomic E-state index is 12.4. The van der Waals surface area contributed by atoms with Crippen molar-refractivity contribution in [1.82, 2.24) is 5.32 Å². The molecule has 1 amide bonds. The van der Waals surface area contributed by atoms with Crippen molar-refractivity contribution in [3.63, 3.8) is 0 Å². The lowest BCUT2D eigenvalue weighted by Crippen LogP contribution is -2.45. The van der Waals surface area contributed by atoms with Crippen LogP contribution < -0.4 is 5.32 Å². The summed E-state index contributed by atoms with van der Waals surface area (Å²) in [5.41, 5.74) is 0. The van der Waals surface area contributed by atoms with Crippen molar-refractivity contribution in [1.29, 1.82) is 0 Å². The molecule has 0 saturated heterocycles. The molecule has 0 fully saturated rings. The van der Waals surface area contributed by atoms with Crippen molar-refractivity contribution in [2.45, 2.75) is 424 Å². The van der Waals surface area contributed by atoms with Crippen LogP contribution in [0.5, 0.6) is 0 Å². The van der Waals surface area contributed by atoms with Gasteiger partial charge in [-0.3, -0.25) is 9.59 Å². The molecule has 0 saturated carbocycles. The molecule has 6 heteroatoms. The molecule has 0 bridgehead atoms. The summed E-state index contributed by atoms with van der Waals surface area (Å²) < 4.78 is 5.51. The molecule has 0 rings (SSSR count). The van der Waals surface area contributed by atoms with Crippen LogP contribution in [0.25, 0.3) is 0 Å². The van der Waals surface area contributed by atoms with Crippen LogP contribution in [0.15, 0.2) is 48.6 Å². The number of esters is 1. The van der Waals surface area contributed by atoms with E-state index in [0.29, 0.717) is 19.4 Å². The van der Waals surface area contributed by atoms with Crippen LogP contribution in [0, 0.1) is 0 Å². The molecule has 0 aliphatic rings. The summed E-state index contributed by atoms with van der Waals surface area (Å²) in [5, 5.41) is 23.1. The minimum absolute atomic E-state index is 0.0177. The summed E-state index contributed by atoms with van der Waals surface area (Å²) >= 11 is 0. The van der Waals surface area contributed by atoms with E-state index in [-0.39, 0.29) is 18.5 Å². The molecule has 84 heavy (non-hydrogen) atoms. The van der Waals surface area contributed by atoms with Crippen LogP contribution in [0.4, 0.5) is 0 Å². The predicted molar refractivity (Wildman–Crippen MR) is 370 cm³/mol. The Morgan fingerprint density at radius 1 is 0.333 bits per heavy atom. The van der Waals surface area contributed by atoms with Crippen molar-refractivity contribution < 1.29 is 24.5 Å². The number of unbranched alkanes of at least 4 members (excludes halogenated alkanes) is 54. The molecule has 0 radical (unpaired) electrons. The quantitative estimate of drug-likeness (QED) is 0.0320. The molecule has 6 nitrogen and oxygen atoms in total. The molecule has 0 aliphatic carbocycles. The normalized spacial score (nSPS) is 12.8. The van der Waals surface area contributed by atoms with Gasteiger partial charge in [0, 0.05) is 12.8 Å². The van der Waals surface area contributed by atoms with Crippen LogP contribution in [0.3, 0.4) is 0 Å². The van der Waals surface area contributed by atoms with Gasteiger partial charge < -0.3 is 20.3 Å². The fourth-order valence-electron chi connectivity index (χ4n) is 11.8. The summed E-state index contributed by atoms with van der Waals surface area (Å²) in [5.74, 6) is -0.0462. The second kappa shape index (κ2) is 73.3. The Morgan fingerprint density at radius 2 is 0.595 bits per heavy atom. The molecule has 2 unspecified atom stereocenters. The average Bonchev–Trinajstić information content (AvgIpc) is 3.53. The summed E-state index contributed by atoms with van der Waals surface area (Å²) in [6.07, 6.45) is 96.6. The summed E-state index contributed by atoms with van der Waals surface area (Å²) in [6.45, 7) is 4.89. The highest BCUT2D eigenvalue weighted by Gasteiger charge is 2.18. The van der Waals surface area contributed by atoms with E-state index in [2.05, 4.69) is 55.6 Å². The first kappa shape index (κ1) is 81.8. The third-order valence-electron chi connectivity index (χ3n) is 17.6. The Labute approximate surface area is 525 Å². The van der Waals surface area contributed by atoms with Crippen LogP contribution in [-0.4, -0.2) is 47.4 Å². The van der Waals surface area contributed by atoms with Gasteiger partial charge in [0.1, 0.15) is 0 Å². The number of carbonyl (C=O) groups is 2. The second-order valence-electron chi connectivity index (χ2n) is 26.0. The number of nitrogens with one attached hydrogen (secondary N) is 1. The molecule has 2 atom stereocenters. The van der Waals surface area contributed by atoms with E-state index in [0.717, 1.165) is 51.4 Å². The molecule has 494 valence electrons. The maximum Gasteiger partial charge on any atom is 0.305 e. The molecule has 0 aliphatic heterocycles. The zero-order valence-electron chi connectivity index (χ0n) is 56.6. The molecular formula is C78H147NO5. The van der Waals surface area contributed by atoms with Gasteiger partial charge in [0.05, 0.1) is 25.4 Å². The number of ether oxygens (including phenoxy) is 1. The van der Waals surface area contributed by atoms with Crippen LogP contribution in [0.1, 0.15) is 412 Å². The van der Waals surface area contributed by atoms with Crippen LogP contribution in [0.2, 0.25) is 0 Å². The molecule has 0 spiro atoms. The first-order valence-electron chi connectivity index (χ1n) is 37.9. The number of hydrogen-bond donors (Lipinski definition) is 3. The molecule has 0 heterocycles. The number of aliphatic hydroxyl groups is 2. The summed E-state index contributed by atoms with van der Waals surface area (Å²) in [6, 6.07) is -0.624. The number of rotatable bonds is 71. The van der Waals surface area contributed by atoms with Crippen LogP contribution >= 0.6 is 0 Å². The second-order valence-corrected chi connectivity index (χ2v) is 26.0. The van der Waals surface area contributed by atoms with E-state index in [1.54, 1.807) is 6.08 Å². The summed E-state index contributed by atoms with van der Waals surface area (Å²) in [4.78, 5) is 24.6. The lowest BCUT2D eigenvalue weighted by molar-refractivity contribution is -0.143. The highest BCUT2D eigenvalue weighted by Crippen LogP contribution is 2.19. The standard InChI is InChI=1S/C78H147NO5/c1-3-5-7-9-11-13-15-16-17-18-38-42-45-48-52-56-60-64-68-72-78(83)84-73-69-65-61-57-53-49-46-43-40-37-35-33-31-29-27-25-23-21-19-20-22-24-26-28-30-32-34-36-39-41-44-47-51-55-59-63-67-71-77(82)79-75(74-80)76(81)70-66-62-58-54-50-14-12-10-8-6-4-2/h11,13,16-17,19,21,66,70,75-76,80-81H,3-10,12,14-15,18,20,22-65,67-69,71-74H2,1-2H3,(H,79,82)/b13-11-,17-16-,21-19-,70-66+. The predicted octanol–water partition coefficient (Wildman–Crippen LogP) is 24.8. The monoisotopic (exact) mass is 1180 g/mol. The molecule has 0 aromatic heterocycles. The van der Waals surface area contributed by atoms with E-state index in [9.17, 15) is 19.8 Å². The van der Waals surface area contributed by atoms with Gasteiger partial charge in [-0.05, 0) is 89.9 Å². The SMILES string of the molecule is CCCCC/C=C\C/C=C\CCCCCCCCCCCC(=O)OCCCCCCCCCCCCCCCCCC/C=C\CCCCCCCCCCCCCCCCCCCC(=O)NC(CO)C(O)/C=C/CCCCCCCCCCC. The van der Waals surface area contributed by atoms with E-state index in [1.165, 1.54) is 334 Å². The topological polar surface area (TPSA) is 95.9 Å². The van der Waals surface area contributed by atoms with Crippen LogP contribution in [-0.2, 0) is 14.3 Å². The van der Waals surface area contributed by atoms with Crippen molar-refractivity contribution in [3.8, 4) is 0 Å². The third-order valence-corrected chi connectivity index (χ3v) is 17.6. The highest BCUT2D eigenvalue weighted by atomic mass is 16.5. The molecular weight excluding hydrogens is 1030 g/mol. The minimum Gasteiger partial charge on any atom is -0.466 e. The Bertz CT molecular complexity index is 1400. The van der Waals surface area contributed by atoms with Crippen molar-refractivity contribution in [2.75, 3.05) is 13.2 Å². The number of hydrogen-bond acceptors (Lipinski definition) is 5. The lowest BCUT2D eigenvalue weighted by atomic mass is 10.0. The van der Waals surface area contributed by atoms with Gasteiger partial charge in [-0.1, -0.05) is 358 Å². The Morgan fingerprint density at radius 3 is 0.940 bits per heavy atom. The Balaban J connectivity index is 3.32. The lowest BCUT2D eigenvalue weighted by Gasteiger charge is -2.20. The van der Waals surface area contributed by atoms with E-state index >= 15 is 0 Å². The van der Waals surface area contributed by atoms with Gasteiger partial charge in [-0.2, -0.15) is 0 Å². The minimum atomic E-state index is -0.840. The Kier molecular flexibility index (Phi) is 71.4. The van der Waals surface area contributed by atoms with E-state index < -0.39 is 12.1 Å². The van der Waals surface area contributed by atoms with E-state index in [4.69, 9.17) is 4.74 Å².